The molecule has 146 valence electrons. The molecule has 0 unspecified atom stereocenters. The van der Waals surface area contributed by atoms with Gasteiger partial charge in [-0.1, -0.05) is 19.0 Å². The number of nitrogens with two attached hydrogens (primary N) is 1. The fourth-order valence-corrected chi connectivity index (χ4v) is 3.93. The van der Waals surface area contributed by atoms with Gasteiger partial charge in [0.15, 0.2) is 0 Å². The number of carbonyl (C=O) groups is 2. The zero-order valence-corrected chi connectivity index (χ0v) is 15.7. The van der Waals surface area contributed by atoms with Crippen LogP contribution in [0.2, 0.25) is 0 Å². The maximum atomic E-state index is 12.4. The van der Waals surface area contributed by atoms with E-state index in [0.29, 0.717) is 5.69 Å². The molecular weight excluding hydrogens is 362 g/mol. The third-order valence-corrected chi connectivity index (χ3v) is 6.05. The van der Waals surface area contributed by atoms with E-state index in [2.05, 4.69) is 15.0 Å². The number of carbonyl (C=O) groups excluding carboxylic acids is 2. The molecule has 10 nitrogen and oxygen atoms in total. The van der Waals surface area contributed by atoms with Gasteiger partial charge in [0, 0.05) is 32.2 Å². The lowest BCUT2D eigenvalue weighted by Crippen LogP contribution is -2.53. The van der Waals surface area contributed by atoms with Crippen LogP contribution in [0.15, 0.2) is 16.9 Å². The first-order chi connectivity index (χ1) is 12.2. The van der Waals surface area contributed by atoms with Crippen molar-refractivity contribution in [2.24, 2.45) is 11.7 Å². The average molecular weight is 387 g/mol. The van der Waals surface area contributed by atoms with Crippen molar-refractivity contribution in [3.63, 3.8) is 0 Å². The summed E-state index contributed by atoms with van der Waals surface area (Å²) in [7, 11) is -3.52. The molecule has 0 bridgehead atoms. The molecule has 2 heterocycles. The molecule has 1 saturated heterocycles. The van der Waals surface area contributed by atoms with E-state index in [1.807, 2.05) is 13.8 Å². The van der Waals surface area contributed by atoms with E-state index in [4.69, 9.17) is 5.73 Å². The molecule has 0 radical (unpaired) electrons. The highest BCUT2D eigenvalue weighted by atomic mass is 32.2. The van der Waals surface area contributed by atoms with Crippen molar-refractivity contribution in [1.82, 2.24) is 19.7 Å². The zero-order valence-electron chi connectivity index (χ0n) is 14.9. The molecule has 26 heavy (non-hydrogen) atoms. The van der Waals surface area contributed by atoms with Crippen LogP contribution < -0.4 is 11.1 Å². The highest BCUT2D eigenvalue weighted by Crippen LogP contribution is 2.12. The molecule has 1 aliphatic rings. The Morgan fingerprint density at radius 2 is 1.96 bits per heavy atom. The Kier molecular flexibility index (Phi) is 6.73. The Labute approximate surface area is 152 Å². The third-order valence-electron chi connectivity index (χ3n) is 4.24. The van der Waals surface area contributed by atoms with Crippen molar-refractivity contribution in [2.75, 3.05) is 32.7 Å². The molecule has 2 rings (SSSR count). The van der Waals surface area contributed by atoms with Gasteiger partial charge in [-0.3, -0.25) is 9.59 Å². The molecule has 2 amide bonds. The number of sulfonamides is 1. The molecular formula is C15H25N5O5S. The zero-order chi connectivity index (χ0) is 19.3. The normalized spacial score (nSPS) is 17.3. The molecule has 1 fully saturated rings. The van der Waals surface area contributed by atoms with Gasteiger partial charge in [0.1, 0.15) is 12.0 Å². The minimum Gasteiger partial charge on any atom is -0.364 e. The summed E-state index contributed by atoms with van der Waals surface area (Å²) in [5.41, 5.74) is 6.06. The molecule has 0 aliphatic carbocycles. The first-order valence-corrected chi connectivity index (χ1v) is 10.00. The van der Waals surface area contributed by atoms with Crippen molar-refractivity contribution in [2.45, 2.75) is 25.6 Å². The van der Waals surface area contributed by atoms with Crippen LogP contribution in [-0.4, -0.2) is 73.4 Å². The fraction of sp³-hybridized carbons (Fsp3) is 0.667. The van der Waals surface area contributed by atoms with Crippen molar-refractivity contribution < 1.29 is 22.5 Å². The Morgan fingerprint density at radius 3 is 2.50 bits per heavy atom. The molecule has 11 heteroatoms. The van der Waals surface area contributed by atoms with Crippen molar-refractivity contribution in [3.8, 4) is 0 Å². The van der Waals surface area contributed by atoms with Gasteiger partial charge < -0.3 is 20.5 Å². The van der Waals surface area contributed by atoms with Crippen LogP contribution in [-0.2, 0) is 25.4 Å². The van der Waals surface area contributed by atoms with Gasteiger partial charge >= 0.3 is 0 Å². The van der Waals surface area contributed by atoms with E-state index in [0.717, 1.165) is 0 Å². The molecule has 1 atom stereocenters. The van der Waals surface area contributed by atoms with E-state index >= 15 is 0 Å². The number of hydrogen-bond donors (Lipinski definition) is 2. The van der Waals surface area contributed by atoms with Gasteiger partial charge in [-0.2, -0.15) is 4.31 Å². The first kappa shape index (κ1) is 20.3. The Hall–Kier alpha value is -1.98. The standard InChI is InChI=1S/C15H25N5O5S/c1-11(2)14(16)15(22)17-9-13(21)19-4-6-20(7-5-19)26(23,24)10-12-3-8-25-18-12/h3,8,11,14H,4-7,9-10,16H2,1-2H3,(H,17,22)/t14-/m0/s1. The van der Waals surface area contributed by atoms with Crippen LogP contribution in [0.4, 0.5) is 0 Å². The number of rotatable bonds is 7. The third kappa shape index (κ3) is 5.26. The van der Waals surface area contributed by atoms with Gasteiger partial charge in [-0.05, 0) is 5.92 Å². The van der Waals surface area contributed by atoms with E-state index in [-0.39, 0.29) is 56.2 Å². The summed E-state index contributed by atoms with van der Waals surface area (Å²) < 4.78 is 30.7. The lowest BCUT2D eigenvalue weighted by atomic mass is 10.1. The molecule has 0 aromatic carbocycles. The summed E-state index contributed by atoms with van der Waals surface area (Å²) in [6.45, 7) is 4.43. The number of amides is 2. The maximum Gasteiger partial charge on any atom is 0.242 e. The van der Waals surface area contributed by atoms with E-state index in [9.17, 15) is 18.0 Å². The summed E-state index contributed by atoms with van der Waals surface area (Å²) >= 11 is 0. The van der Waals surface area contributed by atoms with Gasteiger partial charge in [-0.15, -0.1) is 0 Å². The molecule has 3 N–H and O–H groups in total. The summed E-state index contributed by atoms with van der Waals surface area (Å²) in [5.74, 6) is -0.894. The predicted molar refractivity (Wildman–Crippen MR) is 93.1 cm³/mol. The average Bonchev–Trinajstić information content (AvgIpc) is 3.10. The number of aromatic nitrogens is 1. The quantitative estimate of drug-likeness (QED) is 0.596. The SMILES string of the molecule is CC(C)[C@H](N)C(=O)NCC(=O)N1CCN(S(=O)(=O)Cc2ccon2)CC1. The van der Waals surface area contributed by atoms with Gasteiger partial charge in [0.25, 0.3) is 0 Å². The van der Waals surface area contributed by atoms with Crippen LogP contribution in [0, 0.1) is 5.92 Å². The van der Waals surface area contributed by atoms with Gasteiger partial charge in [0.2, 0.25) is 21.8 Å². The Bertz CT molecular complexity index is 711. The van der Waals surface area contributed by atoms with Crippen molar-refractivity contribution in [1.29, 1.82) is 0 Å². The lowest BCUT2D eigenvalue weighted by molar-refractivity contribution is -0.134. The lowest BCUT2D eigenvalue weighted by Gasteiger charge is -2.34. The Morgan fingerprint density at radius 1 is 1.31 bits per heavy atom. The minimum absolute atomic E-state index is 0.0245. The Balaban J connectivity index is 1.80. The highest BCUT2D eigenvalue weighted by Gasteiger charge is 2.29. The number of nitrogens with one attached hydrogen (secondary N) is 1. The summed E-state index contributed by atoms with van der Waals surface area (Å²) in [5, 5.41) is 6.14. The van der Waals surface area contributed by atoms with E-state index in [1.54, 1.807) is 0 Å². The topological polar surface area (TPSA) is 139 Å². The van der Waals surface area contributed by atoms with E-state index in [1.165, 1.54) is 21.5 Å². The number of hydrogen-bond acceptors (Lipinski definition) is 7. The van der Waals surface area contributed by atoms with Gasteiger partial charge in [-0.25, -0.2) is 8.42 Å². The second kappa shape index (κ2) is 8.60. The molecule has 1 aromatic heterocycles. The summed E-state index contributed by atoms with van der Waals surface area (Å²) in [6.07, 6.45) is 1.32. The molecule has 0 spiro atoms. The van der Waals surface area contributed by atoms with Crippen molar-refractivity contribution >= 4 is 21.8 Å². The molecule has 1 aromatic rings. The number of piperazine rings is 1. The van der Waals surface area contributed by atoms with Crippen LogP contribution in [0.3, 0.4) is 0 Å². The maximum absolute atomic E-state index is 12.4. The second-order valence-corrected chi connectivity index (χ2v) is 8.48. The molecule has 1 aliphatic heterocycles. The largest absolute Gasteiger partial charge is 0.364 e. The minimum atomic E-state index is -3.52. The first-order valence-electron chi connectivity index (χ1n) is 8.39. The highest BCUT2D eigenvalue weighted by molar-refractivity contribution is 7.88. The monoisotopic (exact) mass is 387 g/mol. The smallest absolute Gasteiger partial charge is 0.242 e. The second-order valence-electron chi connectivity index (χ2n) is 6.51. The van der Waals surface area contributed by atoms with Gasteiger partial charge in [0.05, 0.1) is 18.3 Å². The summed E-state index contributed by atoms with van der Waals surface area (Å²) in [4.78, 5) is 25.5. The summed E-state index contributed by atoms with van der Waals surface area (Å²) in [6, 6.07) is 0.836. The van der Waals surface area contributed by atoms with Crippen molar-refractivity contribution in [3.05, 3.63) is 18.0 Å². The fourth-order valence-electron chi connectivity index (χ4n) is 2.50. The van der Waals surface area contributed by atoms with Crippen LogP contribution >= 0.6 is 0 Å². The molecule has 0 saturated carbocycles. The van der Waals surface area contributed by atoms with E-state index < -0.39 is 16.1 Å². The van der Waals surface area contributed by atoms with Crippen LogP contribution in [0.5, 0.6) is 0 Å². The van der Waals surface area contributed by atoms with Crippen LogP contribution in [0.25, 0.3) is 0 Å². The predicted octanol–water partition coefficient (Wildman–Crippen LogP) is -1.25. The van der Waals surface area contributed by atoms with Crippen LogP contribution in [0.1, 0.15) is 19.5 Å². The number of nitrogens with zero attached hydrogens (tertiary/aromatic N) is 3.